The minimum absolute atomic E-state index is 0.660. The van der Waals surface area contributed by atoms with E-state index >= 15 is 0 Å². The Bertz CT molecular complexity index is 3800. The number of unbranched alkanes of at least 4 members (excludes halogenated alkanes) is 1. The van der Waals surface area contributed by atoms with Crippen LogP contribution in [0.5, 0.6) is 0 Å². The highest BCUT2D eigenvalue weighted by Crippen LogP contribution is 2.43. The van der Waals surface area contributed by atoms with Crippen molar-refractivity contribution >= 4 is 55.0 Å². The molecule has 324 valence electrons. The molecular weight excluding hydrogens is 825 g/mol. The Labute approximate surface area is 397 Å². The first-order valence-corrected chi connectivity index (χ1v) is 23.8. The van der Waals surface area contributed by atoms with Gasteiger partial charge in [-0.25, -0.2) is 15.0 Å². The first-order valence-electron chi connectivity index (χ1n) is 23.8. The van der Waals surface area contributed by atoms with Gasteiger partial charge in [-0.15, -0.1) is 0 Å². The molecule has 0 fully saturated rings. The molecule has 4 nitrogen and oxygen atoms in total. The minimum atomic E-state index is 0.660. The molecule has 0 saturated carbocycles. The second-order valence-electron chi connectivity index (χ2n) is 17.7. The number of para-hydroxylation sites is 1. The molecule has 0 saturated heterocycles. The lowest BCUT2D eigenvalue weighted by Crippen LogP contribution is -2.03. The van der Waals surface area contributed by atoms with Crippen LogP contribution in [-0.4, -0.2) is 19.5 Å². The lowest BCUT2D eigenvalue weighted by Gasteiger charge is -2.15. The third kappa shape index (κ3) is 7.50. The second kappa shape index (κ2) is 17.7. The van der Waals surface area contributed by atoms with E-state index in [1.165, 1.54) is 71.2 Å². The monoisotopic (exact) mass is 872 g/mol. The maximum atomic E-state index is 5.03. The summed E-state index contributed by atoms with van der Waals surface area (Å²) >= 11 is 0. The van der Waals surface area contributed by atoms with Crippen LogP contribution in [0, 0.1) is 0 Å². The fourth-order valence-electron chi connectivity index (χ4n) is 10.1. The fraction of sp³-hybridized carbons (Fsp3) is 0.0781. The topological polar surface area (TPSA) is 43.6 Å². The minimum Gasteiger partial charge on any atom is -0.309 e. The highest BCUT2D eigenvalue weighted by Gasteiger charge is 2.19. The number of aromatic nitrogens is 4. The number of rotatable bonds is 10. The fourth-order valence-corrected chi connectivity index (χ4v) is 10.1. The van der Waals surface area contributed by atoms with Gasteiger partial charge >= 0.3 is 0 Å². The van der Waals surface area contributed by atoms with Gasteiger partial charge in [0.25, 0.3) is 0 Å². The molecule has 12 rings (SSSR count). The van der Waals surface area contributed by atoms with Gasteiger partial charge in [-0.2, -0.15) is 0 Å². The van der Waals surface area contributed by atoms with Gasteiger partial charge in [-0.1, -0.05) is 195 Å². The zero-order valence-electron chi connectivity index (χ0n) is 38.0. The van der Waals surface area contributed by atoms with E-state index in [9.17, 15) is 0 Å². The summed E-state index contributed by atoms with van der Waals surface area (Å²) in [5.74, 6) is 2.03. The molecule has 4 heteroatoms. The molecule has 11 aromatic rings. The molecule has 1 aliphatic rings. The Balaban J connectivity index is 0.932. The van der Waals surface area contributed by atoms with Crippen LogP contribution in [-0.2, 0) is 0 Å². The number of hydrogen-bond acceptors (Lipinski definition) is 3. The van der Waals surface area contributed by atoms with Gasteiger partial charge in [0.05, 0.1) is 11.0 Å². The first kappa shape index (κ1) is 41.0. The van der Waals surface area contributed by atoms with Crippen LogP contribution < -0.4 is 0 Å². The van der Waals surface area contributed by atoms with Crippen molar-refractivity contribution in [1.29, 1.82) is 0 Å². The molecule has 0 aliphatic heterocycles. The van der Waals surface area contributed by atoms with E-state index in [0.29, 0.717) is 17.5 Å². The molecule has 0 bridgehead atoms. The third-order valence-electron chi connectivity index (χ3n) is 13.4. The molecule has 68 heavy (non-hydrogen) atoms. The van der Waals surface area contributed by atoms with Gasteiger partial charge in [-0.05, 0) is 122 Å². The van der Waals surface area contributed by atoms with Gasteiger partial charge in [0, 0.05) is 33.2 Å². The van der Waals surface area contributed by atoms with Crippen LogP contribution in [0.4, 0.5) is 0 Å². The lowest BCUT2D eigenvalue weighted by molar-refractivity contribution is 0.962. The zero-order chi connectivity index (χ0) is 45.4. The first-order chi connectivity index (χ1) is 33.7. The summed E-state index contributed by atoms with van der Waals surface area (Å²) in [6.45, 7) is 2.23. The lowest BCUT2D eigenvalue weighted by atomic mass is 9.89. The maximum Gasteiger partial charge on any atom is 0.164 e. The van der Waals surface area contributed by atoms with Crippen molar-refractivity contribution < 1.29 is 0 Å². The molecular formula is C64H48N4. The van der Waals surface area contributed by atoms with E-state index in [-0.39, 0.29) is 0 Å². The van der Waals surface area contributed by atoms with Gasteiger partial charge < -0.3 is 4.57 Å². The summed E-state index contributed by atoms with van der Waals surface area (Å²) in [5.41, 5.74) is 14.7. The molecule has 0 spiro atoms. The molecule has 2 heterocycles. The van der Waals surface area contributed by atoms with Gasteiger partial charge in [0.2, 0.25) is 0 Å². The van der Waals surface area contributed by atoms with Crippen molar-refractivity contribution in [1.82, 2.24) is 19.5 Å². The van der Waals surface area contributed by atoms with Crippen molar-refractivity contribution in [2.24, 2.45) is 0 Å². The van der Waals surface area contributed by atoms with Crippen LogP contribution in [0.15, 0.2) is 218 Å². The Morgan fingerprint density at radius 1 is 0.471 bits per heavy atom. The van der Waals surface area contributed by atoms with E-state index in [1.54, 1.807) is 0 Å². The normalized spacial score (nSPS) is 12.8. The van der Waals surface area contributed by atoms with Crippen molar-refractivity contribution in [3.8, 4) is 61.8 Å². The predicted molar refractivity (Wildman–Crippen MR) is 287 cm³/mol. The second-order valence-corrected chi connectivity index (χ2v) is 17.7. The molecule has 0 unspecified atom stereocenters. The van der Waals surface area contributed by atoms with Crippen LogP contribution >= 0.6 is 0 Å². The summed E-state index contributed by atoms with van der Waals surface area (Å²) in [6, 6.07) is 70.3. The summed E-state index contributed by atoms with van der Waals surface area (Å²) < 4.78 is 2.42. The summed E-state index contributed by atoms with van der Waals surface area (Å²) in [7, 11) is 0. The number of allylic oxidation sites excluding steroid dienone is 5. The molecule has 1 aliphatic carbocycles. The Kier molecular flexibility index (Phi) is 10.7. The number of hydrogen-bond donors (Lipinski definition) is 0. The quantitative estimate of drug-likeness (QED) is 0.129. The zero-order valence-corrected chi connectivity index (χ0v) is 38.0. The van der Waals surface area contributed by atoms with E-state index in [0.717, 1.165) is 59.2 Å². The van der Waals surface area contributed by atoms with Crippen LogP contribution in [0.25, 0.3) is 117 Å². The standard InChI is InChI=1S/C64H48N4/c1-2-3-6-23-48-41-47-24-11-12-28-53(47)58-42-49(36-39-54(48)58)52-27-13-14-29-55(52)56-31-18-33-60-61(56)57-30-15-16-32-59(57)68(60)51-37-34-43(35-38-51)46-25-17-26-50(40-46)64-66-62(44-19-7-4-8-20-44)65-63(67-64)45-21-9-5-10-22-45/h4,6-9,11-42H,2-3,5,10H2,1H3/b23-6-. The molecule has 9 aromatic carbocycles. The Morgan fingerprint density at radius 3 is 1.99 bits per heavy atom. The van der Waals surface area contributed by atoms with Crippen LogP contribution in [0.1, 0.15) is 44.0 Å². The van der Waals surface area contributed by atoms with Gasteiger partial charge in [0.1, 0.15) is 0 Å². The van der Waals surface area contributed by atoms with Crippen LogP contribution in [0.3, 0.4) is 0 Å². The Morgan fingerprint density at radius 2 is 1.15 bits per heavy atom. The average molecular weight is 873 g/mol. The number of benzene rings is 9. The predicted octanol–water partition coefficient (Wildman–Crippen LogP) is 17.2. The van der Waals surface area contributed by atoms with E-state index in [2.05, 4.69) is 218 Å². The summed E-state index contributed by atoms with van der Waals surface area (Å²) in [6.07, 6.45) is 15.4. The molecule has 0 N–H and O–H groups in total. The highest BCUT2D eigenvalue weighted by molar-refractivity contribution is 6.17. The van der Waals surface area contributed by atoms with E-state index in [1.807, 2.05) is 18.2 Å². The van der Waals surface area contributed by atoms with Crippen molar-refractivity contribution in [3.05, 3.63) is 230 Å². The van der Waals surface area contributed by atoms with E-state index < -0.39 is 0 Å². The highest BCUT2D eigenvalue weighted by atomic mass is 15.0. The summed E-state index contributed by atoms with van der Waals surface area (Å²) in [5, 5.41) is 7.56. The molecule has 2 aromatic heterocycles. The Hall–Kier alpha value is -8.47. The van der Waals surface area contributed by atoms with Gasteiger partial charge in [0.15, 0.2) is 17.5 Å². The number of fused-ring (bicyclic) bond motifs is 6. The van der Waals surface area contributed by atoms with Gasteiger partial charge in [-0.3, -0.25) is 0 Å². The third-order valence-corrected chi connectivity index (χ3v) is 13.4. The van der Waals surface area contributed by atoms with Crippen molar-refractivity contribution in [2.45, 2.75) is 32.6 Å². The molecule has 0 radical (unpaired) electrons. The molecule has 0 atom stereocenters. The maximum absolute atomic E-state index is 5.03. The van der Waals surface area contributed by atoms with Crippen molar-refractivity contribution in [3.63, 3.8) is 0 Å². The molecule has 0 amide bonds. The summed E-state index contributed by atoms with van der Waals surface area (Å²) in [4.78, 5) is 15.0. The van der Waals surface area contributed by atoms with E-state index in [4.69, 9.17) is 15.0 Å². The van der Waals surface area contributed by atoms with Crippen molar-refractivity contribution in [2.75, 3.05) is 0 Å². The average Bonchev–Trinajstić information content (AvgIpc) is 3.76. The number of nitrogens with zero attached hydrogens (tertiary/aromatic N) is 4. The smallest absolute Gasteiger partial charge is 0.164 e. The largest absolute Gasteiger partial charge is 0.309 e. The SMILES string of the molecule is CCC/C=C\c1cc2ccccc2c2cc(-c3ccccc3-c3cccc4c3c3ccccc3n4-c3ccc(-c4cccc(-c5nc(C6=CCCC=C6)nc(-c6ccccc6)n5)c4)cc3)ccc12. The van der Waals surface area contributed by atoms with Crippen LogP contribution in [0.2, 0.25) is 0 Å².